The van der Waals surface area contributed by atoms with E-state index < -0.39 is 15.6 Å². The van der Waals surface area contributed by atoms with Gasteiger partial charge in [-0.25, -0.2) is 8.42 Å². The molecule has 2 aliphatic rings. The highest BCUT2D eigenvalue weighted by molar-refractivity contribution is 7.89. The molecule has 7 nitrogen and oxygen atoms in total. The van der Waals surface area contributed by atoms with E-state index in [4.69, 9.17) is 4.52 Å². The molecule has 150 valence electrons. The van der Waals surface area contributed by atoms with Crippen LogP contribution in [-0.4, -0.2) is 36.5 Å². The first-order valence-corrected chi connectivity index (χ1v) is 11.2. The zero-order valence-corrected chi connectivity index (χ0v) is 16.8. The molecule has 1 aromatic heterocycles. The molecule has 0 saturated heterocycles. The van der Waals surface area contributed by atoms with Crippen molar-refractivity contribution in [3.05, 3.63) is 47.3 Å². The van der Waals surface area contributed by atoms with Crippen LogP contribution in [0.15, 0.2) is 39.9 Å². The molecule has 28 heavy (non-hydrogen) atoms. The van der Waals surface area contributed by atoms with Gasteiger partial charge in [0, 0.05) is 18.5 Å². The third kappa shape index (κ3) is 3.58. The number of benzene rings is 1. The van der Waals surface area contributed by atoms with Crippen LogP contribution in [-0.2, 0) is 27.8 Å². The number of carbonyl (C=O) groups is 1. The van der Waals surface area contributed by atoms with Crippen molar-refractivity contribution in [1.82, 2.24) is 14.8 Å². The molecule has 0 unspecified atom stereocenters. The topological polar surface area (TPSA) is 92.5 Å². The molecule has 1 amide bonds. The Hall–Kier alpha value is -2.19. The van der Waals surface area contributed by atoms with Crippen LogP contribution < -0.4 is 4.72 Å². The summed E-state index contributed by atoms with van der Waals surface area (Å²) in [5.74, 6) is 0.664. The predicted octanol–water partition coefficient (Wildman–Crippen LogP) is 2.55. The zero-order valence-electron chi connectivity index (χ0n) is 16.0. The van der Waals surface area contributed by atoms with E-state index in [1.54, 1.807) is 29.3 Å². The van der Waals surface area contributed by atoms with Gasteiger partial charge < -0.3 is 9.42 Å². The van der Waals surface area contributed by atoms with Crippen LogP contribution >= 0.6 is 0 Å². The van der Waals surface area contributed by atoms with E-state index in [1.165, 1.54) is 0 Å². The summed E-state index contributed by atoms with van der Waals surface area (Å²) in [7, 11) is -3.80. The van der Waals surface area contributed by atoms with E-state index in [2.05, 4.69) is 9.88 Å². The maximum atomic E-state index is 13.5. The summed E-state index contributed by atoms with van der Waals surface area (Å²) >= 11 is 0. The van der Waals surface area contributed by atoms with Crippen LogP contribution in [0.4, 0.5) is 0 Å². The van der Waals surface area contributed by atoms with E-state index in [0.29, 0.717) is 32.4 Å². The molecular weight excluding hydrogens is 378 g/mol. The molecule has 4 rings (SSSR count). The highest BCUT2D eigenvalue weighted by Gasteiger charge is 2.46. The monoisotopic (exact) mass is 403 g/mol. The molecule has 1 fully saturated rings. The Balaban J connectivity index is 1.62. The smallest absolute Gasteiger partial charge is 0.244 e. The maximum absolute atomic E-state index is 13.5. The molecule has 1 aromatic carbocycles. The normalized spacial score (nSPS) is 19.2. The Bertz CT molecular complexity index is 977. The average molecular weight is 404 g/mol. The van der Waals surface area contributed by atoms with Gasteiger partial charge in [-0.2, -0.15) is 4.72 Å². The third-order valence-electron chi connectivity index (χ3n) is 5.73. The summed E-state index contributed by atoms with van der Waals surface area (Å²) in [6, 6.07) is 6.77. The fraction of sp³-hybridized carbons (Fsp3) is 0.500. The van der Waals surface area contributed by atoms with E-state index in [1.807, 2.05) is 13.0 Å². The minimum atomic E-state index is -3.80. The van der Waals surface area contributed by atoms with Crippen LogP contribution in [0, 0.1) is 6.92 Å². The van der Waals surface area contributed by atoms with Gasteiger partial charge in [-0.3, -0.25) is 4.79 Å². The lowest BCUT2D eigenvalue weighted by Crippen LogP contribution is -2.60. The summed E-state index contributed by atoms with van der Waals surface area (Å²) in [5.41, 5.74) is 0.671. The van der Waals surface area contributed by atoms with Crippen molar-refractivity contribution >= 4 is 15.9 Å². The van der Waals surface area contributed by atoms with Gasteiger partial charge in [-0.05, 0) is 37.5 Å². The Morgan fingerprint density at radius 2 is 2.04 bits per heavy atom. The Morgan fingerprint density at radius 1 is 1.25 bits per heavy atom. The molecular formula is C20H25N3O4S. The van der Waals surface area contributed by atoms with Crippen molar-refractivity contribution < 1.29 is 17.7 Å². The lowest BCUT2D eigenvalue weighted by molar-refractivity contribution is -0.140. The van der Waals surface area contributed by atoms with Crippen LogP contribution in [0.25, 0.3) is 0 Å². The third-order valence-corrected chi connectivity index (χ3v) is 7.27. The van der Waals surface area contributed by atoms with Crippen molar-refractivity contribution in [2.45, 2.75) is 62.4 Å². The van der Waals surface area contributed by atoms with Gasteiger partial charge in [0.2, 0.25) is 15.9 Å². The minimum absolute atomic E-state index is 0.143. The molecule has 8 heteroatoms. The van der Waals surface area contributed by atoms with Crippen LogP contribution in [0.1, 0.15) is 49.0 Å². The average Bonchev–Trinajstić information content (AvgIpc) is 3.15. The first kappa shape index (κ1) is 19.1. The second-order valence-corrected chi connectivity index (χ2v) is 9.50. The number of hydrogen-bond acceptors (Lipinski definition) is 5. The number of fused-ring (bicyclic) bond motifs is 1. The number of aromatic nitrogens is 1. The van der Waals surface area contributed by atoms with Gasteiger partial charge in [-0.15, -0.1) is 0 Å². The van der Waals surface area contributed by atoms with Gasteiger partial charge in [0.1, 0.15) is 11.3 Å². The highest BCUT2D eigenvalue weighted by atomic mass is 32.2. The van der Waals surface area contributed by atoms with E-state index in [9.17, 15) is 13.2 Å². The van der Waals surface area contributed by atoms with Crippen LogP contribution in [0.2, 0.25) is 0 Å². The molecule has 1 saturated carbocycles. The number of sulfonamides is 1. The first-order chi connectivity index (χ1) is 13.4. The lowest BCUT2D eigenvalue weighted by Gasteiger charge is -2.40. The van der Waals surface area contributed by atoms with E-state index >= 15 is 0 Å². The van der Waals surface area contributed by atoms with Gasteiger partial charge in [-0.1, -0.05) is 36.6 Å². The molecule has 0 spiro atoms. The Morgan fingerprint density at radius 3 is 2.79 bits per heavy atom. The molecule has 0 radical (unpaired) electrons. The molecule has 1 aliphatic heterocycles. The number of nitrogens with one attached hydrogen (secondary N) is 1. The highest BCUT2D eigenvalue weighted by Crippen LogP contribution is 2.33. The van der Waals surface area contributed by atoms with Crippen molar-refractivity contribution in [1.29, 1.82) is 0 Å². The zero-order chi connectivity index (χ0) is 19.8. The van der Waals surface area contributed by atoms with E-state index in [-0.39, 0.29) is 10.8 Å². The number of aryl methyl sites for hydroxylation is 1. The summed E-state index contributed by atoms with van der Waals surface area (Å²) in [6.45, 7) is 2.77. The molecule has 1 N–H and O–H groups in total. The summed E-state index contributed by atoms with van der Waals surface area (Å²) in [5, 5.41) is 3.81. The maximum Gasteiger partial charge on any atom is 0.244 e. The first-order valence-electron chi connectivity index (χ1n) is 9.72. The molecule has 1 aliphatic carbocycles. The minimum Gasteiger partial charge on any atom is -0.361 e. The van der Waals surface area contributed by atoms with Gasteiger partial charge >= 0.3 is 0 Å². The largest absolute Gasteiger partial charge is 0.361 e. The standard InChI is InChI=1S/C20H25N3O4S/c1-15-6-5-7-17(12-15)28(25,26)22-20(9-3-2-4-10-20)19(24)23-11-8-18-16(14-23)13-21-27-18/h5-7,12-13,22H,2-4,8-11,14H2,1H3. The summed E-state index contributed by atoms with van der Waals surface area (Å²) in [6.07, 6.45) is 5.94. The molecule has 0 bridgehead atoms. The SMILES string of the molecule is Cc1cccc(S(=O)(=O)NC2(C(=O)N3CCc4oncc4C3)CCCCC2)c1. The molecule has 0 atom stereocenters. The number of hydrogen-bond donors (Lipinski definition) is 1. The summed E-state index contributed by atoms with van der Waals surface area (Å²) < 4.78 is 34.2. The number of carbonyl (C=O) groups excluding carboxylic acids is 1. The van der Waals surface area contributed by atoms with Crippen molar-refractivity contribution in [2.24, 2.45) is 0 Å². The van der Waals surface area contributed by atoms with Crippen molar-refractivity contribution in [2.75, 3.05) is 6.54 Å². The molecule has 2 heterocycles. The van der Waals surface area contributed by atoms with Crippen molar-refractivity contribution in [3.63, 3.8) is 0 Å². The predicted molar refractivity (Wildman–Crippen MR) is 103 cm³/mol. The van der Waals surface area contributed by atoms with E-state index in [0.717, 1.165) is 36.1 Å². The quantitative estimate of drug-likeness (QED) is 0.847. The Kier molecular flexibility index (Phi) is 5.01. The number of nitrogens with zero attached hydrogens (tertiary/aromatic N) is 2. The van der Waals surface area contributed by atoms with Crippen LogP contribution in [0.5, 0.6) is 0 Å². The van der Waals surface area contributed by atoms with Gasteiger partial charge in [0.25, 0.3) is 0 Å². The summed E-state index contributed by atoms with van der Waals surface area (Å²) in [4.78, 5) is 15.5. The second-order valence-electron chi connectivity index (χ2n) is 7.82. The fourth-order valence-electron chi connectivity index (χ4n) is 4.23. The van der Waals surface area contributed by atoms with Crippen molar-refractivity contribution in [3.8, 4) is 0 Å². The lowest BCUT2D eigenvalue weighted by atomic mass is 9.81. The Labute approximate surface area is 165 Å². The van der Waals surface area contributed by atoms with Gasteiger partial charge in [0.05, 0.1) is 17.6 Å². The van der Waals surface area contributed by atoms with Crippen LogP contribution in [0.3, 0.4) is 0 Å². The fourth-order valence-corrected chi connectivity index (χ4v) is 5.75. The number of rotatable bonds is 4. The molecule has 2 aromatic rings. The second kappa shape index (κ2) is 7.33. The number of amides is 1. The van der Waals surface area contributed by atoms with Gasteiger partial charge in [0.15, 0.2) is 0 Å².